The monoisotopic (exact) mass is 200 g/mol. The normalized spacial score (nSPS) is 24.7. The van der Waals surface area contributed by atoms with Gasteiger partial charge >= 0.3 is 0 Å². The topological polar surface area (TPSA) is 61.4 Å². The van der Waals surface area contributed by atoms with Gasteiger partial charge in [0.2, 0.25) is 5.91 Å². The van der Waals surface area contributed by atoms with Crippen molar-refractivity contribution >= 4 is 5.91 Å². The van der Waals surface area contributed by atoms with Gasteiger partial charge in [0.05, 0.1) is 17.6 Å². The van der Waals surface area contributed by atoms with Gasteiger partial charge in [-0.05, 0) is 33.7 Å². The van der Waals surface area contributed by atoms with Crippen molar-refractivity contribution in [1.82, 2.24) is 10.6 Å². The van der Waals surface area contributed by atoms with Gasteiger partial charge in [-0.15, -0.1) is 0 Å². The molecule has 1 aliphatic rings. The van der Waals surface area contributed by atoms with Crippen molar-refractivity contribution in [3.8, 4) is 0 Å². The quantitative estimate of drug-likeness (QED) is 0.595. The molecule has 1 rings (SSSR count). The summed E-state index contributed by atoms with van der Waals surface area (Å²) in [6.45, 7) is 7.01. The van der Waals surface area contributed by atoms with Crippen molar-refractivity contribution in [1.29, 1.82) is 0 Å². The molecule has 0 saturated carbocycles. The van der Waals surface area contributed by atoms with Crippen molar-refractivity contribution in [2.75, 3.05) is 13.1 Å². The summed E-state index contributed by atoms with van der Waals surface area (Å²) in [6.07, 6.45) is 0.350. The van der Waals surface area contributed by atoms with Gasteiger partial charge in [0.1, 0.15) is 0 Å². The third-order valence-corrected chi connectivity index (χ3v) is 2.92. The molecule has 2 atom stereocenters. The Hall–Kier alpha value is -0.610. The van der Waals surface area contributed by atoms with E-state index in [2.05, 4.69) is 10.6 Å². The summed E-state index contributed by atoms with van der Waals surface area (Å²) in [7, 11) is 0. The standard InChI is InChI=1S/C10H20N2O2/c1-7(13)10(2,3)12-9(14)8-4-5-11-6-8/h7-8,11,13H,4-6H2,1-3H3,(H,12,14). The molecule has 1 fully saturated rings. The average Bonchev–Trinajstić information content (AvgIpc) is 2.54. The summed E-state index contributed by atoms with van der Waals surface area (Å²) in [5.41, 5.74) is -0.542. The lowest BCUT2D eigenvalue weighted by molar-refractivity contribution is -0.127. The molecule has 3 N–H and O–H groups in total. The van der Waals surface area contributed by atoms with E-state index in [1.54, 1.807) is 6.92 Å². The lowest BCUT2D eigenvalue weighted by Crippen LogP contribution is -2.52. The number of hydrogen-bond donors (Lipinski definition) is 3. The summed E-state index contributed by atoms with van der Waals surface area (Å²) in [5, 5.41) is 15.5. The van der Waals surface area contributed by atoms with E-state index in [0.717, 1.165) is 19.5 Å². The van der Waals surface area contributed by atoms with Gasteiger partial charge in [-0.2, -0.15) is 0 Å². The van der Waals surface area contributed by atoms with E-state index in [1.807, 2.05) is 13.8 Å². The molecule has 0 aromatic heterocycles. The molecule has 0 aliphatic carbocycles. The Morgan fingerprint density at radius 3 is 2.71 bits per heavy atom. The van der Waals surface area contributed by atoms with E-state index < -0.39 is 11.6 Å². The number of hydrogen-bond acceptors (Lipinski definition) is 3. The van der Waals surface area contributed by atoms with Gasteiger partial charge in [0, 0.05) is 6.54 Å². The highest BCUT2D eigenvalue weighted by molar-refractivity contribution is 5.80. The molecular formula is C10H20N2O2. The van der Waals surface area contributed by atoms with Crippen molar-refractivity contribution < 1.29 is 9.90 Å². The number of aliphatic hydroxyl groups excluding tert-OH is 1. The number of carbonyl (C=O) groups is 1. The first-order valence-corrected chi connectivity index (χ1v) is 5.14. The SMILES string of the molecule is CC(O)C(C)(C)NC(=O)C1CCNC1. The van der Waals surface area contributed by atoms with E-state index in [1.165, 1.54) is 0 Å². The first kappa shape index (κ1) is 11.5. The Morgan fingerprint density at radius 1 is 1.64 bits per heavy atom. The van der Waals surface area contributed by atoms with E-state index in [-0.39, 0.29) is 11.8 Å². The first-order valence-electron chi connectivity index (χ1n) is 5.14. The Kier molecular flexibility index (Phi) is 3.50. The maximum absolute atomic E-state index is 11.7. The van der Waals surface area contributed by atoms with E-state index >= 15 is 0 Å². The Morgan fingerprint density at radius 2 is 2.29 bits per heavy atom. The van der Waals surface area contributed by atoms with Crippen LogP contribution in [-0.2, 0) is 4.79 Å². The van der Waals surface area contributed by atoms with Gasteiger partial charge in [-0.3, -0.25) is 4.79 Å². The van der Waals surface area contributed by atoms with Gasteiger partial charge in [-0.1, -0.05) is 0 Å². The van der Waals surface area contributed by atoms with Crippen LogP contribution in [0.3, 0.4) is 0 Å². The molecule has 4 nitrogen and oxygen atoms in total. The van der Waals surface area contributed by atoms with Crippen LogP contribution >= 0.6 is 0 Å². The molecule has 2 unspecified atom stereocenters. The number of amides is 1. The molecule has 0 aromatic rings. The van der Waals surface area contributed by atoms with Gasteiger partial charge in [0.25, 0.3) is 0 Å². The number of nitrogens with one attached hydrogen (secondary N) is 2. The van der Waals surface area contributed by atoms with E-state index in [9.17, 15) is 9.90 Å². The van der Waals surface area contributed by atoms with Crippen LogP contribution in [0.2, 0.25) is 0 Å². The van der Waals surface area contributed by atoms with Crippen molar-refractivity contribution in [2.24, 2.45) is 5.92 Å². The Bertz CT molecular complexity index is 208. The van der Waals surface area contributed by atoms with E-state index in [0.29, 0.717) is 0 Å². The third kappa shape index (κ3) is 2.69. The summed E-state index contributed by atoms with van der Waals surface area (Å²) >= 11 is 0. The second kappa shape index (κ2) is 4.28. The largest absolute Gasteiger partial charge is 0.391 e. The van der Waals surface area contributed by atoms with Gasteiger partial charge in [0.15, 0.2) is 0 Å². The van der Waals surface area contributed by atoms with Crippen LogP contribution in [0.15, 0.2) is 0 Å². The lowest BCUT2D eigenvalue weighted by Gasteiger charge is -2.30. The van der Waals surface area contributed by atoms with Crippen LogP contribution in [0.25, 0.3) is 0 Å². The second-order valence-electron chi connectivity index (χ2n) is 4.58. The molecule has 0 bridgehead atoms. The zero-order valence-corrected chi connectivity index (χ0v) is 9.13. The Labute approximate surface area is 85.1 Å². The molecule has 1 heterocycles. The number of aliphatic hydroxyl groups is 1. The molecule has 1 saturated heterocycles. The van der Waals surface area contributed by atoms with Crippen LogP contribution in [0.1, 0.15) is 27.2 Å². The summed E-state index contributed by atoms with van der Waals surface area (Å²) in [6, 6.07) is 0. The zero-order valence-electron chi connectivity index (χ0n) is 9.13. The van der Waals surface area contributed by atoms with Crippen LogP contribution in [-0.4, -0.2) is 35.7 Å². The minimum absolute atomic E-state index is 0.0425. The number of carbonyl (C=O) groups excluding carboxylic acids is 1. The van der Waals surface area contributed by atoms with Crippen LogP contribution in [0, 0.1) is 5.92 Å². The summed E-state index contributed by atoms with van der Waals surface area (Å²) < 4.78 is 0. The summed E-state index contributed by atoms with van der Waals surface area (Å²) in [5.74, 6) is 0.105. The van der Waals surface area contributed by atoms with Gasteiger partial charge in [-0.25, -0.2) is 0 Å². The molecule has 0 aromatic carbocycles. The smallest absolute Gasteiger partial charge is 0.224 e. The molecule has 1 amide bonds. The molecule has 0 spiro atoms. The maximum Gasteiger partial charge on any atom is 0.224 e. The minimum Gasteiger partial charge on any atom is -0.391 e. The third-order valence-electron chi connectivity index (χ3n) is 2.92. The van der Waals surface area contributed by atoms with E-state index in [4.69, 9.17) is 0 Å². The highest BCUT2D eigenvalue weighted by Crippen LogP contribution is 2.13. The average molecular weight is 200 g/mol. The lowest BCUT2D eigenvalue weighted by atomic mass is 9.97. The highest BCUT2D eigenvalue weighted by atomic mass is 16.3. The predicted octanol–water partition coefficient (Wildman–Crippen LogP) is -0.128. The molecular weight excluding hydrogens is 180 g/mol. The molecule has 4 heteroatoms. The highest BCUT2D eigenvalue weighted by Gasteiger charge is 2.30. The Balaban J connectivity index is 2.46. The number of rotatable bonds is 3. The fourth-order valence-corrected chi connectivity index (χ4v) is 1.40. The van der Waals surface area contributed by atoms with Crippen LogP contribution < -0.4 is 10.6 Å². The molecule has 1 aliphatic heterocycles. The fraction of sp³-hybridized carbons (Fsp3) is 0.900. The van der Waals surface area contributed by atoms with Crippen LogP contribution in [0.5, 0.6) is 0 Å². The first-order chi connectivity index (χ1) is 6.43. The van der Waals surface area contributed by atoms with Crippen molar-refractivity contribution in [2.45, 2.75) is 38.8 Å². The van der Waals surface area contributed by atoms with Crippen molar-refractivity contribution in [3.63, 3.8) is 0 Å². The van der Waals surface area contributed by atoms with Crippen molar-refractivity contribution in [3.05, 3.63) is 0 Å². The zero-order chi connectivity index (χ0) is 10.8. The minimum atomic E-state index is -0.542. The summed E-state index contributed by atoms with van der Waals surface area (Å²) in [4.78, 5) is 11.7. The predicted molar refractivity (Wildman–Crippen MR) is 54.9 cm³/mol. The molecule has 14 heavy (non-hydrogen) atoms. The maximum atomic E-state index is 11.7. The van der Waals surface area contributed by atoms with Gasteiger partial charge < -0.3 is 15.7 Å². The molecule has 82 valence electrons. The fourth-order valence-electron chi connectivity index (χ4n) is 1.40. The molecule has 0 radical (unpaired) electrons. The van der Waals surface area contributed by atoms with Crippen LogP contribution in [0.4, 0.5) is 0 Å². The second-order valence-corrected chi connectivity index (χ2v) is 4.58.